The minimum atomic E-state index is -4.43. The van der Waals surface area contributed by atoms with Crippen LogP contribution in [0.3, 0.4) is 0 Å². The molecule has 0 N–H and O–H groups in total. The van der Waals surface area contributed by atoms with Crippen molar-refractivity contribution in [2.45, 2.75) is 18.0 Å². The van der Waals surface area contributed by atoms with Crippen molar-refractivity contribution < 1.29 is 18.0 Å². The van der Waals surface area contributed by atoms with Crippen molar-refractivity contribution in [3.05, 3.63) is 59.7 Å². The smallest absolute Gasteiger partial charge is 0.306 e. The van der Waals surface area contributed by atoms with E-state index in [1.165, 1.54) is 24.1 Å². The number of anilines is 1. The summed E-state index contributed by atoms with van der Waals surface area (Å²) in [7, 11) is 1.46. The van der Waals surface area contributed by atoms with Crippen molar-refractivity contribution in [2.75, 3.05) is 11.9 Å². The first-order valence-corrected chi connectivity index (χ1v) is 7.28. The standard InChI is InChI=1S/C16H14F3NOS/c1-11-6-8-14(9-7-11)22-15(21)20(2)13-5-3-4-12(10-13)16(17,18)19/h3-10H,1-2H3. The van der Waals surface area contributed by atoms with Gasteiger partial charge in [-0.3, -0.25) is 4.79 Å². The Bertz CT molecular complexity index is 668. The van der Waals surface area contributed by atoms with E-state index in [1.807, 2.05) is 19.1 Å². The number of carbonyl (C=O) groups excluding carboxylic acids is 1. The van der Waals surface area contributed by atoms with Gasteiger partial charge in [0.2, 0.25) is 0 Å². The van der Waals surface area contributed by atoms with Gasteiger partial charge in [0, 0.05) is 17.6 Å². The van der Waals surface area contributed by atoms with Gasteiger partial charge in [-0.1, -0.05) is 23.8 Å². The Balaban J connectivity index is 2.15. The maximum atomic E-state index is 12.7. The Hall–Kier alpha value is -1.95. The number of halogens is 3. The van der Waals surface area contributed by atoms with Gasteiger partial charge in [-0.2, -0.15) is 13.2 Å². The molecule has 2 aromatic rings. The van der Waals surface area contributed by atoms with E-state index in [1.54, 1.807) is 12.1 Å². The molecule has 0 fully saturated rings. The van der Waals surface area contributed by atoms with E-state index in [4.69, 9.17) is 0 Å². The van der Waals surface area contributed by atoms with Crippen LogP contribution in [0, 0.1) is 6.92 Å². The van der Waals surface area contributed by atoms with E-state index in [9.17, 15) is 18.0 Å². The highest BCUT2D eigenvalue weighted by Crippen LogP contribution is 2.32. The van der Waals surface area contributed by atoms with Gasteiger partial charge in [0.05, 0.1) is 5.56 Å². The molecule has 116 valence electrons. The van der Waals surface area contributed by atoms with Crippen molar-refractivity contribution >= 4 is 22.7 Å². The molecule has 2 nitrogen and oxygen atoms in total. The van der Waals surface area contributed by atoms with Gasteiger partial charge >= 0.3 is 6.18 Å². The van der Waals surface area contributed by atoms with Gasteiger partial charge in [-0.05, 0) is 49.0 Å². The number of hydrogen-bond donors (Lipinski definition) is 0. The van der Waals surface area contributed by atoms with E-state index in [0.29, 0.717) is 0 Å². The quantitative estimate of drug-likeness (QED) is 0.693. The van der Waals surface area contributed by atoms with Crippen LogP contribution in [-0.4, -0.2) is 12.3 Å². The summed E-state index contributed by atoms with van der Waals surface area (Å²) in [5, 5.41) is -0.344. The molecule has 0 saturated carbocycles. The van der Waals surface area contributed by atoms with Crippen molar-refractivity contribution in [3.8, 4) is 0 Å². The van der Waals surface area contributed by atoms with Gasteiger partial charge in [0.1, 0.15) is 0 Å². The lowest BCUT2D eigenvalue weighted by Gasteiger charge is -2.18. The second kappa shape index (κ2) is 6.44. The number of hydrogen-bond acceptors (Lipinski definition) is 2. The predicted octanol–water partition coefficient (Wildman–Crippen LogP) is 5.36. The normalized spacial score (nSPS) is 11.3. The second-order valence-corrected chi connectivity index (χ2v) is 5.81. The lowest BCUT2D eigenvalue weighted by Crippen LogP contribution is -2.22. The molecule has 0 atom stereocenters. The molecular weight excluding hydrogens is 311 g/mol. The zero-order chi connectivity index (χ0) is 16.3. The van der Waals surface area contributed by atoms with Crippen LogP contribution in [0.1, 0.15) is 11.1 Å². The highest BCUT2D eigenvalue weighted by atomic mass is 32.2. The van der Waals surface area contributed by atoms with E-state index in [0.717, 1.165) is 34.4 Å². The number of nitrogens with zero attached hydrogens (tertiary/aromatic N) is 1. The summed E-state index contributed by atoms with van der Waals surface area (Å²) in [6, 6.07) is 12.1. The summed E-state index contributed by atoms with van der Waals surface area (Å²) in [5.41, 5.74) is 0.507. The fourth-order valence-electron chi connectivity index (χ4n) is 1.77. The Morgan fingerprint density at radius 3 is 2.32 bits per heavy atom. The average molecular weight is 325 g/mol. The molecular formula is C16H14F3NOS. The van der Waals surface area contributed by atoms with E-state index in [2.05, 4.69) is 0 Å². The molecule has 2 rings (SSSR count). The van der Waals surface area contributed by atoms with Crippen LogP contribution >= 0.6 is 11.8 Å². The summed E-state index contributed by atoms with van der Waals surface area (Å²) in [6.45, 7) is 1.94. The van der Waals surface area contributed by atoms with Gasteiger partial charge in [-0.25, -0.2) is 0 Å². The molecule has 0 aliphatic carbocycles. The Kier molecular flexibility index (Phi) is 4.81. The minimum Gasteiger partial charge on any atom is -0.306 e. The van der Waals surface area contributed by atoms with E-state index >= 15 is 0 Å². The summed E-state index contributed by atoms with van der Waals surface area (Å²) in [6.07, 6.45) is -4.43. The Morgan fingerprint density at radius 2 is 1.73 bits per heavy atom. The van der Waals surface area contributed by atoms with Crippen LogP contribution in [0.4, 0.5) is 23.7 Å². The monoisotopic (exact) mass is 325 g/mol. The molecule has 0 radical (unpaired) electrons. The van der Waals surface area contributed by atoms with Gasteiger partial charge in [-0.15, -0.1) is 0 Å². The van der Waals surface area contributed by atoms with Crippen LogP contribution in [0.5, 0.6) is 0 Å². The Morgan fingerprint density at radius 1 is 1.09 bits per heavy atom. The van der Waals surface area contributed by atoms with E-state index < -0.39 is 11.7 Å². The summed E-state index contributed by atoms with van der Waals surface area (Å²) >= 11 is 0.974. The minimum absolute atomic E-state index is 0.208. The van der Waals surface area contributed by atoms with Gasteiger partial charge in [0.25, 0.3) is 5.24 Å². The lowest BCUT2D eigenvalue weighted by molar-refractivity contribution is -0.137. The first-order valence-electron chi connectivity index (χ1n) is 6.47. The van der Waals surface area contributed by atoms with Gasteiger partial charge < -0.3 is 4.90 Å². The number of aryl methyl sites for hydroxylation is 1. The maximum Gasteiger partial charge on any atom is 0.416 e. The summed E-state index contributed by atoms with van der Waals surface area (Å²) in [4.78, 5) is 14.1. The van der Waals surface area contributed by atoms with E-state index in [-0.39, 0.29) is 10.9 Å². The maximum absolute atomic E-state index is 12.7. The van der Waals surface area contributed by atoms with Crippen molar-refractivity contribution in [1.82, 2.24) is 0 Å². The fourth-order valence-corrected chi connectivity index (χ4v) is 2.49. The first-order chi connectivity index (χ1) is 10.3. The summed E-state index contributed by atoms with van der Waals surface area (Å²) < 4.78 is 38.1. The number of carbonyl (C=O) groups is 1. The number of rotatable bonds is 2. The molecule has 0 spiro atoms. The third kappa shape index (κ3) is 4.04. The summed E-state index contributed by atoms with van der Waals surface area (Å²) in [5.74, 6) is 0. The second-order valence-electron chi connectivity index (χ2n) is 4.79. The SMILES string of the molecule is Cc1ccc(SC(=O)N(C)c2cccc(C(F)(F)F)c2)cc1. The highest BCUT2D eigenvalue weighted by Gasteiger charge is 2.31. The molecule has 0 unspecified atom stereocenters. The fraction of sp³-hybridized carbons (Fsp3) is 0.188. The van der Waals surface area contributed by atoms with Crippen LogP contribution < -0.4 is 4.90 Å². The molecule has 0 bridgehead atoms. The largest absolute Gasteiger partial charge is 0.416 e. The topological polar surface area (TPSA) is 20.3 Å². The van der Waals surface area contributed by atoms with Crippen LogP contribution in [0.25, 0.3) is 0 Å². The van der Waals surface area contributed by atoms with Crippen molar-refractivity contribution in [2.24, 2.45) is 0 Å². The molecule has 0 aromatic heterocycles. The molecule has 0 aliphatic heterocycles. The number of thioether (sulfide) groups is 1. The van der Waals surface area contributed by atoms with Gasteiger partial charge in [0.15, 0.2) is 0 Å². The molecule has 1 amide bonds. The van der Waals surface area contributed by atoms with Crippen molar-refractivity contribution in [3.63, 3.8) is 0 Å². The molecule has 6 heteroatoms. The lowest BCUT2D eigenvalue weighted by atomic mass is 10.2. The third-order valence-electron chi connectivity index (χ3n) is 3.06. The predicted molar refractivity (Wildman–Crippen MR) is 82.3 cm³/mol. The third-order valence-corrected chi connectivity index (χ3v) is 4.02. The molecule has 0 heterocycles. The first kappa shape index (κ1) is 16.4. The number of amides is 1. The zero-order valence-corrected chi connectivity index (χ0v) is 12.8. The molecule has 0 aliphatic rings. The molecule has 2 aromatic carbocycles. The number of alkyl halides is 3. The van der Waals surface area contributed by atoms with Crippen molar-refractivity contribution in [1.29, 1.82) is 0 Å². The highest BCUT2D eigenvalue weighted by molar-refractivity contribution is 8.13. The molecule has 22 heavy (non-hydrogen) atoms. The van der Waals surface area contributed by atoms with Crippen LogP contribution in [0.2, 0.25) is 0 Å². The number of benzene rings is 2. The molecule has 0 saturated heterocycles. The van der Waals surface area contributed by atoms with Crippen LogP contribution in [-0.2, 0) is 6.18 Å². The zero-order valence-electron chi connectivity index (χ0n) is 12.0. The average Bonchev–Trinajstić information content (AvgIpc) is 2.48. The Labute approximate surface area is 130 Å². The van der Waals surface area contributed by atoms with Crippen LogP contribution in [0.15, 0.2) is 53.4 Å².